The van der Waals surface area contributed by atoms with Gasteiger partial charge in [0.15, 0.2) is 0 Å². The molecule has 0 spiro atoms. The molecule has 0 radical (unpaired) electrons. The summed E-state index contributed by atoms with van der Waals surface area (Å²) in [4.78, 5) is 4.18. The molecule has 0 bridgehead atoms. The first-order valence-corrected chi connectivity index (χ1v) is 5.71. The maximum Gasteiger partial charge on any atom is 0.147 e. The second-order valence-corrected chi connectivity index (χ2v) is 4.07. The van der Waals surface area contributed by atoms with Crippen molar-refractivity contribution in [2.75, 3.05) is 0 Å². The molecule has 0 aliphatic carbocycles. The van der Waals surface area contributed by atoms with E-state index >= 15 is 0 Å². The van der Waals surface area contributed by atoms with Crippen LogP contribution >= 0.6 is 0 Å². The van der Waals surface area contributed by atoms with Crippen LogP contribution in [0.2, 0.25) is 0 Å². The van der Waals surface area contributed by atoms with Gasteiger partial charge in [-0.1, -0.05) is 13.0 Å². The predicted molar refractivity (Wildman–Crippen MR) is 65.5 cm³/mol. The number of halogens is 1. The van der Waals surface area contributed by atoms with Crippen molar-refractivity contribution in [2.45, 2.75) is 26.3 Å². The molecule has 0 unspecified atom stereocenters. The van der Waals surface area contributed by atoms with Crippen LogP contribution in [-0.2, 0) is 6.42 Å². The molecule has 4 heteroatoms. The van der Waals surface area contributed by atoms with Crippen LogP contribution in [0, 0.1) is 5.82 Å². The lowest BCUT2D eigenvalue weighted by Gasteiger charge is -2.11. The van der Waals surface area contributed by atoms with E-state index in [4.69, 9.17) is 5.73 Å². The summed E-state index contributed by atoms with van der Waals surface area (Å²) in [7, 11) is 0. The molecular weight excluding hydrogens is 217 g/mol. The average Bonchev–Trinajstić information content (AvgIpc) is 2.76. The molecule has 1 atom stereocenters. The Morgan fingerprint density at radius 2 is 2.24 bits per heavy atom. The second-order valence-electron chi connectivity index (χ2n) is 4.07. The molecule has 1 aromatic heterocycles. The predicted octanol–water partition coefficient (Wildman–Crippen LogP) is 2.59. The molecule has 0 amide bonds. The first-order chi connectivity index (χ1) is 8.13. The first kappa shape index (κ1) is 11.8. The molecule has 17 heavy (non-hydrogen) atoms. The third-order valence-corrected chi connectivity index (χ3v) is 2.79. The quantitative estimate of drug-likeness (QED) is 0.885. The molecular formula is C13H16FN3. The van der Waals surface area contributed by atoms with Crippen LogP contribution in [0.3, 0.4) is 0 Å². The highest BCUT2D eigenvalue weighted by Crippen LogP contribution is 2.19. The smallest absolute Gasteiger partial charge is 0.147 e. The normalized spacial score (nSPS) is 12.7. The number of hydrogen-bond acceptors (Lipinski definition) is 2. The van der Waals surface area contributed by atoms with E-state index in [-0.39, 0.29) is 11.9 Å². The van der Waals surface area contributed by atoms with Gasteiger partial charge in [-0.25, -0.2) is 9.37 Å². The van der Waals surface area contributed by atoms with Gasteiger partial charge in [0.05, 0.1) is 5.69 Å². The fraction of sp³-hybridized carbons (Fsp3) is 0.308. The number of benzene rings is 1. The maximum atomic E-state index is 14.0. The molecule has 0 aliphatic rings. The third kappa shape index (κ3) is 2.22. The molecule has 2 N–H and O–H groups in total. The summed E-state index contributed by atoms with van der Waals surface area (Å²) in [5, 5.41) is 0. The number of nitrogens with two attached hydrogens (primary N) is 1. The number of nitrogens with zero attached hydrogens (tertiary/aromatic N) is 2. The molecule has 0 saturated carbocycles. The molecule has 3 nitrogen and oxygen atoms in total. The lowest BCUT2D eigenvalue weighted by molar-refractivity contribution is 0.610. The Morgan fingerprint density at radius 1 is 1.47 bits per heavy atom. The van der Waals surface area contributed by atoms with Gasteiger partial charge >= 0.3 is 0 Å². The van der Waals surface area contributed by atoms with Crippen molar-refractivity contribution in [1.29, 1.82) is 0 Å². The Balaban J connectivity index is 2.47. The fourth-order valence-corrected chi connectivity index (χ4v) is 1.82. The number of aromatic nitrogens is 2. The maximum absolute atomic E-state index is 14.0. The van der Waals surface area contributed by atoms with Gasteiger partial charge in [0.2, 0.25) is 0 Å². The zero-order valence-corrected chi connectivity index (χ0v) is 10.0. The molecule has 2 rings (SSSR count). The minimum Gasteiger partial charge on any atom is -0.324 e. The van der Waals surface area contributed by atoms with E-state index in [1.807, 2.05) is 19.9 Å². The van der Waals surface area contributed by atoms with Crippen LogP contribution in [0.1, 0.15) is 31.3 Å². The summed E-state index contributed by atoms with van der Waals surface area (Å²) < 4.78 is 15.8. The van der Waals surface area contributed by atoms with Crippen LogP contribution in [-0.4, -0.2) is 9.55 Å². The van der Waals surface area contributed by atoms with Crippen molar-refractivity contribution in [3.05, 3.63) is 47.8 Å². The summed E-state index contributed by atoms with van der Waals surface area (Å²) in [5.41, 5.74) is 7.03. The van der Waals surface area contributed by atoms with Gasteiger partial charge in [0, 0.05) is 24.9 Å². The standard InChI is InChI=1S/C13H16FN3/c1-3-13-16-6-7-17(13)12-5-4-10(9(2)15)8-11(12)14/h4-9H,3,15H2,1-2H3/t9-/m0/s1. The van der Waals surface area contributed by atoms with E-state index in [2.05, 4.69) is 4.98 Å². The van der Waals surface area contributed by atoms with E-state index < -0.39 is 0 Å². The minimum atomic E-state index is -0.271. The van der Waals surface area contributed by atoms with Crippen LogP contribution in [0.4, 0.5) is 4.39 Å². The van der Waals surface area contributed by atoms with E-state index in [1.54, 1.807) is 23.0 Å². The van der Waals surface area contributed by atoms with Crippen molar-refractivity contribution < 1.29 is 4.39 Å². The molecule has 0 aliphatic heterocycles. The van der Waals surface area contributed by atoms with Gasteiger partial charge in [-0.3, -0.25) is 0 Å². The fourth-order valence-electron chi connectivity index (χ4n) is 1.82. The minimum absolute atomic E-state index is 0.160. The highest BCUT2D eigenvalue weighted by Gasteiger charge is 2.10. The summed E-state index contributed by atoms with van der Waals surface area (Å²) in [6.07, 6.45) is 4.21. The lowest BCUT2D eigenvalue weighted by Crippen LogP contribution is -2.07. The Labute approximate surface area is 100 Å². The van der Waals surface area contributed by atoms with Crippen molar-refractivity contribution in [3.8, 4) is 5.69 Å². The number of aryl methyl sites for hydroxylation is 1. The molecule has 1 heterocycles. The zero-order chi connectivity index (χ0) is 12.4. The summed E-state index contributed by atoms with van der Waals surface area (Å²) in [5.74, 6) is 0.574. The third-order valence-electron chi connectivity index (χ3n) is 2.79. The number of imidazole rings is 1. The van der Waals surface area contributed by atoms with E-state index in [9.17, 15) is 4.39 Å². The van der Waals surface area contributed by atoms with Crippen molar-refractivity contribution in [1.82, 2.24) is 9.55 Å². The van der Waals surface area contributed by atoms with Gasteiger partial charge in [0.25, 0.3) is 0 Å². The summed E-state index contributed by atoms with van der Waals surface area (Å²) >= 11 is 0. The Kier molecular flexibility index (Phi) is 3.24. The van der Waals surface area contributed by atoms with Crippen molar-refractivity contribution in [2.24, 2.45) is 5.73 Å². The Bertz CT molecular complexity index is 517. The monoisotopic (exact) mass is 233 g/mol. The van der Waals surface area contributed by atoms with Gasteiger partial charge in [0.1, 0.15) is 11.6 Å². The highest BCUT2D eigenvalue weighted by atomic mass is 19.1. The second kappa shape index (κ2) is 4.67. The average molecular weight is 233 g/mol. The first-order valence-electron chi connectivity index (χ1n) is 5.71. The largest absolute Gasteiger partial charge is 0.324 e. The number of rotatable bonds is 3. The summed E-state index contributed by atoms with van der Waals surface area (Å²) in [6, 6.07) is 4.92. The van der Waals surface area contributed by atoms with Gasteiger partial charge in [-0.2, -0.15) is 0 Å². The molecule has 0 saturated heterocycles. The SMILES string of the molecule is CCc1nccn1-c1ccc([C@H](C)N)cc1F. The highest BCUT2D eigenvalue weighted by molar-refractivity contribution is 5.38. The topological polar surface area (TPSA) is 43.8 Å². The van der Waals surface area contributed by atoms with Crippen molar-refractivity contribution in [3.63, 3.8) is 0 Å². The van der Waals surface area contributed by atoms with Crippen LogP contribution in [0.15, 0.2) is 30.6 Å². The van der Waals surface area contributed by atoms with Crippen molar-refractivity contribution >= 4 is 0 Å². The molecule has 90 valence electrons. The molecule has 1 aromatic carbocycles. The summed E-state index contributed by atoms with van der Waals surface area (Å²) in [6.45, 7) is 3.83. The molecule has 2 aromatic rings. The molecule has 0 fully saturated rings. The Hall–Kier alpha value is -1.68. The van der Waals surface area contributed by atoms with Crippen LogP contribution < -0.4 is 5.73 Å². The van der Waals surface area contributed by atoms with Crippen LogP contribution in [0.5, 0.6) is 0 Å². The number of hydrogen-bond donors (Lipinski definition) is 1. The van der Waals surface area contributed by atoms with Gasteiger partial charge in [-0.15, -0.1) is 0 Å². The van der Waals surface area contributed by atoms with E-state index in [0.717, 1.165) is 17.8 Å². The van der Waals surface area contributed by atoms with Crippen LogP contribution in [0.25, 0.3) is 5.69 Å². The van der Waals surface area contributed by atoms with E-state index in [1.165, 1.54) is 6.07 Å². The van der Waals surface area contributed by atoms with Gasteiger partial charge < -0.3 is 10.3 Å². The lowest BCUT2D eigenvalue weighted by atomic mass is 10.1. The van der Waals surface area contributed by atoms with Gasteiger partial charge in [-0.05, 0) is 24.6 Å². The zero-order valence-electron chi connectivity index (χ0n) is 10.0. The Morgan fingerprint density at radius 3 is 2.82 bits per heavy atom. The van der Waals surface area contributed by atoms with E-state index in [0.29, 0.717) is 5.69 Å².